The maximum absolute atomic E-state index is 12.6. The average Bonchev–Trinajstić information content (AvgIpc) is 2.42. The number of sulfonamides is 1. The van der Waals surface area contributed by atoms with Crippen LogP contribution in [0.5, 0.6) is 0 Å². The number of benzene rings is 1. The number of alkyl halides is 1. The molecule has 0 amide bonds. The molecule has 4 nitrogen and oxygen atoms in total. The fraction of sp³-hybridized carbons (Fsp3) is 0.357. The summed E-state index contributed by atoms with van der Waals surface area (Å²) in [6.07, 6.45) is 5.86. The second-order valence-electron chi connectivity index (χ2n) is 5.23. The third-order valence-electron chi connectivity index (χ3n) is 3.85. The molecule has 0 saturated heterocycles. The van der Waals surface area contributed by atoms with E-state index in [1.807, 2.05) is 6.07 Å². The van der Waals surface area contributed by atoms with E-state index in [-0.39, 0.29) is 4.90 Å². The van der Waals surface area contributed by atoms with Crippen LogP contribution in [-0.4, -0.2) is 24.8 Å². The van der Waals surface area contributed by atoms with Gasteiger partial charge in [-0.1, -0.05) is 12.1 Å². The van der Waals surface area contributed by atoms with Crippen LogP contribution >= 0.6 is 11.6 Å². The van der Waals surface area contributed by atoms with Gasteiger partial charge in [0.2, 0.25) is 10.0 Å². The van der Waals surface area contributed by atoms with Crippen molar-refractivity contribution in [2.75, 3.05) is 5.88 Å². The molecule has 3 rings (SSSR count). The maximum Gasteiger partial charge on any atom is 0.241 e. The monoisotopic (exact) mass is 310 g/mol. The molecule has 0 unspecified atom stereocenters. The predicted molar refractivity (Wildman–Crippen MR) is 79.4 cm³/mol. The average molecular weight is 311 g/mol. The molecule has 1 saturated carbocycles. The number of nitrogens with zero attached hydrogens (tertiary/aromatic N) is 1. The smallest absolute Gasteiger partial charge is 0.241 e. The number of hydrogen-bond acceptors (Lipinski definition) is 3. The lowest BCUT2D eigenvalue weighted by atomic mass is 9.79. The zero-order chi connectivity index (χ0) is 14.2. The summed E-state index contributed by atoms with van der Waals surface area (Å²) >= 11 is 5.93. The van der Waals surface area contributed by atoms with Crippen LogP contribution in [0.4, 0.5) is 0 Å². The highest BCUT2D eigenvalue weighted by molar-refractivity contribution is 7.89. The van der Waals surface area contributed by atoms with E-state index in [0.717, 1.165) is 24.6 Å². The van der Waals surface area contributed by atoms with Gasteiger partial charge in [0, 0.05) is 34.6 Å². The fourth-order valence-electron chi connectivity index (χ4n) is 2.53. The molecule has 1 aliphatic carbocycles. The lowest BCUT2D eigenvalue weighted by Gasteiger charge is -2.40. The van der Waals surface area contributed by atoms with E-state index >= 15 is 0 Å². The van der Waals surface area contributed by atoms with Crippen molar-refractivity contribution in [1.29, 1.82) is 0 Å². The van der Waals surface area contributed by atoms with E-state index in [1.165, 1.54) is 0 Å². The van der Waals surface area contributed by atoms with Gasteiger partial charge in [0.15, 0.2) is 0 Å². The van der Waals surface area contributed by atoms with E-state index in [0.29, 0.717) is 11.3 Å². The number of fused-ring (bicyclic) bond motifs is 1. The van der Waals surface area contributed by atoms with E-state index in [9.17, 15) is 8.42 Å². The van der Waals surface area contributed by atoms with Crippen molar-refractivity contribution in [3.8, 4) is 0 Å². The lowest BCUT2D eigenvalue weighted by molar-refractivity contribution is 0.252. The largest absolute Gasteiger partial charge is 0.264 e. The van der Waals surface area contributed by atoms with E-state index in [1.54, 1.807) is 30.6 Å². The molecule has 0 aliphatic heterocycles. The summed E-state index contributed by atoms with van der Waals surface area (Å²) in [4.78, 5) is 4.30. The molecule has 0 spiro atoms. The topological polar surface area (TPSA) is 59.1 Å². The van der Waals surface area contributed by atoms with Crippen molar-refractivity contribution in [3.63, 3.8) is 0 Å². The number of hydrogen-bond donors (Lipinski definition) is 1. The second kappa shape index (κ2) is 4.98. The van der Waals surface area contributed by atoms with Gasteiger partial charge in [0.05, 0.1) is 4.90 Å². The first-order chi connectivity index (χ1) is 9.56. The van der Waals surface area contributed by atoms with Crippen LogP contribution in [0.2, 0.25) is 0 Å². The van der Waals surface area contributed by atoms with Crippen molar-refractivity contribution < 1.29 is 8.42 Å². The summed E-state index contributed by atoms with van der Waals surface area (Å²) in [6.45, 7) is 0. The summed E-state index contributed by atoms with van der Waals surface area (Å²) in [7, 11) is -3.58. The number of aromatic nitrogens is 1. The van der Waals surface area contributed by atoms with Gasteiger partial charge in [0.1, 0.15) is 0 Å². The Balaban J connectivity index is 2.05. The van der Waals surface area contributed by atoms with E-state index in [2.05, 4.69) is 9.71 Å². The Labute approximate surface area is 123 Å². The molecule has 1 aromatic heterocycles. The highest BCUT2D eigenvalue weighted by Crippen LogP contribution is 2.35. The van der Waals surface area contributed by atoms with Crippen LogP contribution in [0.1, 0.15) is 19.3 Å². The summed E-state index contributed by atoms with van der Waals surface area (Å²) < 4.78 is 28.0. The van der Waals surface area contributed by atoms with Gasteiger partial charge in [-0.05, 0) is 31.4 Å². The fourth-order valence-corrected chi connectivity index (χ4v) is 4.64. The molecule has 6 heteroatoms. The Bertz CT molecular complexity index is 731. The molecule has 1 aliphatic rings. The highest BCUT2D eigenvalue weighted by Gasteiger charge is 2.40. The Kier molecular flexibility index (Phi) is 3.44. The summed E-state index contributed by atoms with van der Waals surface area (Å²) in [5.74, 6) is 0.304. The quantitative estimate of drug-likeness (QED) is 0.883. The van der Waals surface area contributed by atoms with E-state index < -0.39 is 15.6 Å². The third kappa shape index (κ3) is 2.30. The molecule has 0 radical (unpaired) electrons. The highest BCUT2D eigenvalue weighted by atomic mass is 35.5. The first-order valence-corrected chi connectivity index (χ1v) is 8.51. The van der Waals surface area contributed by atoms with Crippen LogP contribution < -0.4 is 4.72 Å². The molecule has 1 fully saturated rings. The zero-order valence-electron chi connectivity index (χ0n) is 10.8. The van der Waals surface area contributed by atoms with Crippen LogP contribution in [0, 0.1) is 0 Å². The van der Waals surface area contributed by atoms with Gasteiger partial charge in [-0.3, -0.25) is 4.98 Å². The summed E-state index contributed by atoms with van der Waals surface area (Å²) in [6, 6.07) is 6.91. The molecule has 1 aromatic carbocycles. The first kappa shape index (κ1) is 13.8. The molecule has 1 N–H and O–H groups in total. The van der Waals surface area contributed by atoms with E-state index in [4.69, 9.17) is 11.6 Å². The molecule has 0 bridgehead atoms. The normalized spacial score (nSPS) is 17.9. The van der Waals surface area contributed by atoms with Crippen LogP contribution in [0.3, 0.4) is 0 Å². The zero-order valence-corrected chi connectivity index (χ0v) is 12.4. The van der Waals surface area contributed by atoms with Crippen LogP contribution in [-0.2, 0) is 10.0 Å². The Morgan fingerprint density at radius 2 is 2.10 bits per heavy atom. The molecule has 0 atom stereocenters. The SMILES string of the molecule is O=S(=O)(NC1(CCl)CCC1)c1cccc2cnccc12. The van der Waals surface area contributed by atoms with Crippen molar-refractivity contribution in [2.45, 2.75) is 29.7 Å². The van der Waals surface area contributed by atoms with Gasteiger partial charge in [0.25, 0.3) is 0 Å². The third-order valence-corrected chi connectivity index (χ3v) is 6.00. The molecular weight excluding hydrogens is 296 g/mol. The van der Waals surface area contributed by atoms with Gasteiger partial charge in [-0.2, -0.15) is 0 Å². The predicted octanol–water partition coefficient (Wildman–Crippen LogP) is 2.67. The molecule has 106 valence electrons. The maximum atomic E-state index is 12.6. The van der Waals surface area contributed by atoms with Gasteiger partial charge in [-0.25, -0.2) is 13.1 Å². The number of halogens is 1. The summed E-state index contributed by atoms with van der Waals surface area (Å²) in [5.41, 5.74) is -0.477. The van der Waals surface area contributed by atoms with Gasteiger partial charge in [-0.15, -0.1) is 11.6 Å². The number of rotatable bonds is 4. The van der Waals surface area contributed by atoms with Crippen LogP contribution in [0.15, 0.2) is 41.6 Å². The standard InChI is InChI=1S/C14H15ClN2O2S/c15-10-14(6-2-7-14)17-20(18,19)13-4-1-3-11-9-16-8-5-12(11)13/h1,3-5,8-9,17H,2,6-7,10H2. The van der Waals surface area contributed by atoms with Crippen molar-refractivity contribution in [2.24, 2.45) is 0 Å². The van der Waals surface area contributed by atoms with Crippen LogP contribution in [0.25, 0.3) is 10.8 Å². The molecular formula is C14H15ClN2O2S. The van der Waals surface area contributed by atoms with Crippen molar-refractivity contribution >= 4 is 32.4 Å². The van der Waals surface area contributed by atoms with Gasteiger partial charge >= 0.3 is 0 Å². The first-order valence-electron chi connectivity index (χ1n) is 6.49. The second-order valence-corrected chi connectivity index (χ2v) is 7.14. The number of pyridine rings is 1. The minimum Gasteiger partial charge on any atom is -0.264 e. The number of nitrogens with one attached hydrogen (secondary N) is 1. The van der Waals surface area contributed by atoms with Crippen molar-refractivity contribution in [3.05, 3.63) is 36.7 Å². The van der Waals surface area contributed by atoms with Crippen molar-refractivity contribution in [1.82, 2.24) is 9.71 Å². The Morgan fingerprint density at radius 3 is 2.75 bits per heavy atom. The molecule has 20 heavy (non-hydrogen) atoms. The van der Waals surface area contributed by atoms with Gasteiger partial charge < -0.3 is 0 Å². The minimum atomic E-state index is -3.58. The summed E-state index contributed by atoms with van der Waals surface area (Å²) in [5, 5.41) is 1.49. The minimum absolute atomic E-state index is 0.286. The molecule has 1 heterocycles. The Hall–Kier alpha value is -1.17. The Morgan fingerprint density at radius 1 is 1.30 bits per heavy atom. The molecule has 2 aromatic rings. The lowest BCUT2D eigenvalue weighted by Crippen LogP contribution is -2.54.